The van der Waals surface area contributed by atoms with Crippen LogP contribution in [0.3, 0.4) is 0 Å². The van der Waals surface area contributed by atoms with E-state index in [1.807, 2.05) is 36.4 Å². The number of benzene rings is 3. The minimum atomic E-state index is -1.32. The Morgan fingerprint density at radius 3 is 2.19 bits per heavy atom. The van der Waals surface area contributed by atoms with Crippen molar-refractivity contribution in [1.82, 2.24) is 10.6 Å². The zero-order valence-electron chi connectivity index (χ0n) is 20.7. The molecule has 0 heterocycles. The summed E-state index contributed by atoms with van der Waals surface area (Å²) in [5, 5.41) is 16.1. The minimum absolute atomic E-state index is 0.326. The number of carbonyl (C=O) groups excluding carboxylic acids is 3. The second-order valence-electron chi connectivity index (χ2n) is 8.78. The van der Waals surface area contributed by atoms with Gasteiger partial charge in [0.05, 0.1) is 6.42 Å². The molecule has 0 bridgehead atoms. The van der Waals surface area contributed by atoms with Gasteiger partial charge in [0.1, 0.15) is 30.2 Å². The zero-order valence-corrected chi connectivity index (χ0v) is 20.7. The van der Waals surface area contributed by atoms with Gasteiger partial charge in [0, 0.05) is 5.39 Å². The first-order valence-electron chi connectivity index (χ1n) is 11.9. The van der Waals surface area contributed by atoms with Crippen LogP contribution in [-0.4, -0.2) is 54.0 Å². The summed E-state index contributed by atoms with van der Waals surface area (Å²) in [6.45, 7) is 2.71. The molecule has 3 N–H and O–H groups in total. The number of carboxylic acids is 1. The molecule has 0 saturated carbocycles. The predicted octanol–water partition coefficient (Wildman–Crippen LogP) is 2.97. The monoisotopic (exact) mass is 506 g/mol. The fraction of sp³-hybridized carbons (Fsp3) is 0.286. The third-order valence-electron chi connectivity index (χ3n) is 5.58. The molecule has 0 saturated heterocycles. The zero-order chi connectivity index (χ0) is 26.8. The number of amides is 2. The van der Waals surface area contributed by atoms with Gasteiger partial charge in [-0.2, -0.15) is 0 Å². The highest BCUT2D eigenvalue weighted by Crippen LogP contribution is 2.25. The van der Waals surface area contributed by atoms with Crippen molar-refractivity contribution in [3.8, 4) is 11.5 Å². The Bertz CT molecular complexity index is 1240. The minimum Gasteiger partial charge on any atom is -0.486 e. The number of ether oxygens (including phenoxy) is 2. The Labute approximate surface area is 214 Å². The van der Waals surface area contributed by atoms with Gasteiger partial charge >= 0.3 is 5.97 Å². The van der Waals surface area contributed by atoms with Crippen LogP contribution in [0.5, 0.6) is 11.5 Å². The third-order valence-corrected chi connectivity index (χ3v) is 5.58. The molecule has 0 unspecified atom stereocenters. The van der Waals surface area contributed by atoms with Crippen LogP contribution in [0.2, 0.25) is 0 Å². The lowest BCUT2D eigenvalue weighted by molar-refractivity contribution is -0.141. The molecular weight excluding hydrogens is 476 g/mol. The van der Waals surface area contributed by atoms with E-state index < -0.39 is 48.7 Å². The van der Waals surface area contributed by atoms with Gasteiger partial charge in [0.2, 0.25) is 5.91 Å². The number of hydrogen-bond donors (Lipinski definition) is 3. The Balaban J connectivity index is 1.61. The summed E-state index contributed by atoms with van der Waals surface area (Å²) < 4.78 is 11.1. The summed E-state index contributed by atoms with van der Waals surface area (Å²) in [4.78, 5) is 49.6. The molecule has 3 aromatic rings. The molecule has 0 aliphatic carbocycles. The lowest BCUT2D eigenvalue weighted by Gasteiger charge is -2.24. The quantitative estimate of drug-likeness (QED) is 0.325. The summed E-state index contributed by atoms with van der Waals surface area (Å²) in [7, 11) is 0. The molecule has 0 spiro atoms. The highest BCUT2D eigenvalue weighted by atomic mass is 16.5. The van der Waals surface area contributed by atoms with E-state index in [0.717, 1.165) is 10.8 Å². The number of carboxylic acid groups (broad SMARTS) is 1. The average molecular weight is 507 g/mol. The van der Waals surface area contributed by atoms with Crippen molar-refractivity contribution in [2.45, 2.75) is 32.4 Å². The molecule has 0 aromatic heterocycles. The van der Waals surface area contributed by atoms with Crippen molar-refractivity contribution in [3.63, 3.8) is 0 Å². The molecular formula is C28H30N2O7. The average Bonchev–Trinajstić information content (AvgIpc) is 2.88. The van der Waals surface area contributed by atoms with Gasteiger partial charge in [-0.25, -0.2) is 0 Å². The van der Waals surface area contributed by atoms with Crippen LogP contribution in [0.25, 0.3) is 10.8 Å². The van der Waals surface area contributed by atoms with E-state index in [1.54, 1.807) is 50.2 Å². The number of ketones is 1. The third kappa shape index (κ3) is 8.06. The molecule has 3 rings (SSSR count). The van der Waals surface area contributed by atoms with E-state index in [9.17, 15) is 24.3 Å². The molecule has 9 heteroatoms. The first-order chi connectivity index (χ1) is 17.7. The lowest BCUT2D eigenvalue weighted by Crippen LogP contribution is -2.55. The topological polar surface area (TPSA) is 131 Å². The van der Waals surface area contributed by atoms with Gasteiger partial charge in [-0.05, 0) is 29.5 Å². The molecule has 0 fully saturated rings. The van der Waals surface area contributed by atoms with Crippen LogP contribution < -0.4 is 20.1 Å². The van der Waals surface area contributed by atoms with Crippen LogP contribution in [0.15, 0.2) is 72.8 Å². The maximum Gasteiger partial charge on any atom is 0.305 e. The Kier molecular flexibility index (Phi) is 9.60. The molecule has 37 heavy (non-hydrogen) atoms. The highest BCUT2D eigenvalue weighted by molar-refractivity contribution is 5.95. The van der Waals surface area contributed by atoms with Crippen LogP contribution >= 0.6 is 0 Å². The Morgan fingerprint density at radius 2 is 1.49 bits per heavy atom. The molecule has 0 radical (unpaired) electrons. The second-order valence-corrected chi connectivity index (χ2v) is 8.78. The largest absolute Gasteiger partial charge is 0.486 e. The highest BCUT2D eigenvalue weighted by Gasteiger charge is 2.30. The fourth-order valence-electron chi connectivity index (χ4n) is 3.67. The van der Waals surface area contributed by atoms with Gasteiger partial charge < -0.3 is 25.2 Å². The maximum absolute atomic E-state index is 13.0. The first kappa shape index (κ1) is 27.2. The van der Waals surface area contributed by atoms with Crippen molar-refractivity contribution in [1.29, 1.82) is 0 Å². The number of fused-ring (bicyclic) bond motifs is 1. The number of aliphatic carboxylic acids is 1. The van der Waals surface area contributed by atoms with Crippen molar-refractivity contribution >= 4 is 34.3 Å². The lowest BCUT2D eigenvalue weighted by atomic mass is 10.0. The van der Waals surface area contributed by atoms with E-state index in [0.29, 0.717) is 11.5 Å². The van der Waals surface area contributed by atoms with E-state index >= 15 is 0 Å². The van der Waals surface area contributed by atoms with Crippen molar-refractivity contribution < 1.29 is 33.8 Å². The summed E-state index contributed by atoms with van der Waals surface area (Å²) in [6.07, 6.45) is -0.619. The van der Waals surface area contributed by atoms with Gasteiger partial charge in [-0.3, -0.25) is 19.2 Å². The van der Waals surface area contributed by atoms with Crippen LogP contribution in [0, 0.1) is 5.92 Å². The molecule has 0 aliphatic rings. The smallest absolute Gasteiger partial charge is 0.305 e. The Hall–Kier alpha value is -4.40. The summed E-state index contributed by atoms with van der Waals surface area (Å²) in [5.41, 5.74) is 0. The summed E-state index contributed by atoms with van der Waals surface area (Å²) >= 11 is 0. The second kappa shape index (κ2) is 13.1. The first-order valence-corrected chi connectivity index (χ1v) is 11.9. The van der Waals surface area contributed by atoms with Gasteiger partial charge in [0.15, 0.2) is 12.4 Å². The van der Waals surface area contributed by atoms with Crippen LogP contribution in [0.1, 0.15) is 20.3 Å². The van der Waals surface area contributed by atoms with Crippen LogP contribution in [0.4, 0.5) is 0 Å². The Morgan fingerprint density at radius 1 is 0.811 bits per heavy atom. The number of para-hydroxylation sites is 1. The number of nitrogens with one attached hydrogen (secondary N) is 2. The maximum atomic E-state index is 13.0. The summed E-state index contributed by atoms with van der Waals surface area (Å²) in [6, 6.07) is 19.3. The number of Topliss-reactive ketones (excluding diaryl/α,β-unsaturated/α-hetero) is 1. The normalized spacial score (nSPS) is 12.4. The molecule has 3 aromatic carbocycles. The number of rotatable bonds is 13. The van der Waals surface area contributed by atoms with E-state index in [-0.39, 0.29) is 12.5 Å². The van der Waals surface area contributed by atoms with Crippen molar-refractivity contribution in [2.75, 3.05) is 13.2 Å². The van der Waals surface area contributed by atoms with Gasteiger partial charge in [-0.15, -0.1) is 0 Å². The van der Waals surface area contributed by atoms with E-state index in [1.165, 1.54) is 0 Å². The van der Waals surface area contributed by atoms with Crippen molar-refractivity contribution in [2.24, 2.45) is 5.92 Å². The van der Waals surface area contributed by atoms with Gasteiger partial charge in [0.25, 0.3) is 5.91 Å². The fourth-order valence-corrected chi connectivity index (χ4v) is 3.67. The SMILES string of the molecule is CC(C)[C@H](NC(=O)COc1cccc2ccccc12)C(=O)N[C@@H](CC(=O)O)C(=O)COc1ccccc1. The number of hydrogen-bond acceptors (Lipinski definition) is 6. The van der Waals surface area contributed by atoms with E-state index in [2.05, 4.69) is 10.6 Å². The van der Waals surface area contributed by atoms with Gasteiger partial charge in [-0.1, -0.05) is 68.4 Å². The van der Waals surface area contributed by atoms with Crippen LogP contribution in [-0.2, 0) is 19.2 Å². The summed E-state index contributed by atoms with van der Waals surface area (Å²) in [5.74, 6) is -2.44. The molecule has 9 nitrogen and oxygen atoms in total. The van der Waals surface area contributed by atoms with E-state index in [4.69, 9.17) is 9.47 Å². The molecule has 2 atom stereocenters. The number of carbonyl (C=O) groups is 4. The molecule has 0 aliphatic heterocycles. The molecule has 2 amide bonds. The molecule has 194 valence electrons. The standard InChI is InChI=1S/C28H30N2O7/c1-18(2)27(30-25(32)17-37-24-14-8-10-19-9-6-7-13-21(19)24)28(35)29-22(15-26(33)34)23(31)16-36-20-11-4-3-5-12-20/h3-14,18,22,27H,15-17H2,1-2H3,(H,29,35)(H,30,32)(H,33,34)/t22-,27-/m0/s1. The predicted molar refractivity (Wildman–Crippen MR) is 137 cm³/mol. The van der Waals surface area contributed by atoms with Crippen molar-refractivity contribution in [3.05, 3.63) is 72.8 Å².